The van der Waals surface area contributed by atoms with Crippen molar-refractivity contribution in [3.8, 4) is 0 Å². The predicted octanol–water partition coefficient (Wildman–Crippen LogP) is 1.66. The molecule has 1 aliphatic carbocycles. The lowest BCUT2D eigenvalue weighted by Gasteiger charge is -2.23. The maximum absolute atomic E-state index is 12.2. The van der Waals surface area contributed by atoms with Gasteiger partial charge in [0, 0.05) is 18.2 Å². The van der Waals surface area contributed by atoms with Crippen LogP contribution >= 0.6 is 0 Å². The second-order valence-corrected chi connectivity index (χ2v) is 5.35. The van der Waals surface area contributed by atoms with E-state index in [1.807, 2.05) is 6.07 Å². The quantitative estimate of drug-likeness (QED) is 0.830. The van der Waals surface area contributed by atoms with Crippen molar-refractivity contribution in [3.63, 3.8) is 0 Å². The fraction of sp³-hybridized carbons (Fsp3) is 0.533. The fourth-order valence-electron chi connectivity index (χ4n) is 2.96. The Morgan fingerprint density at radius 3 is 2.94 bits per heavy atom. The number of benzene rings is 1. The molecule has 3 heteroatoms. The minimum Gasteiger partial charge on any atom is -0.348 e. The Hall–Kier alpha value is -1.35. The molecule has 0 aromatic heterocycles. The van der Waals surface area contributed by atoms with Crippen molar-refractivity contribution in [3.05, 3.63) is 34.9 Å². The van der Waals surface area contributed by atoms with Crippen molar-refractivity contribution in [2.75, 3.05) is 13.1 Å². The molecule has 1 atom stereocenters. The molecule has 0 unspecified atom stereocenters. The molecule has 1 aliphatic heterocycles. The summed E-state index contributed by atoms with van der Waals surface area (Å²) >= 11 is 0. The summed E-state index contributed by atoms with van der Waals surface area (Å²) in [6.45, 7) is 1.97. The standard InChI is InChI=1S/C15H20N2O/c18-15(17-14-5-2-8-16-10-14)13-7-6-11-3-1-4-12(11)9-13/h6-7,9,14,16H,1-5,8,10H2,(H,17,18)/t14-/m1/s1. The lowest BCUT2D eigenvalue weighted by atomic mass is 10.0. The molecule has 1 aromatic carbocycles. The zero-order valence-electron chi connectivity index (χ0n) is 10.7. The molecule has 1 aromatic rings. The SMILES string of the molecule is O=C(N[C@@H]1CCCNC1)c1ccc2c(c1)CCC2. The summed E-state index contributed by atoms with van der Waals surface area (Å²) in [5, 5.41) is 6.44. The van der Waals surface area contributed by atoms with Crippen LogP contribution in [0.3, 0.4) is 0 Å². The number of carbonyl (C=O) groups excluding carboxylic acids is 1. The number of carbonyl (C=O) groups is 1. The molecule has 1 heterocycles. The Kier molecular flexibility index (Phi) is 3.33. The minimum atomic E-state index is 0.0819. The lowest BCUT2D eigenvalue weighted by molar-refractivity contribution is 0.0930. The monoisotopic (exact) mass is 244 g/mol. The lowest BCUT2D eigenvalue weighted by Crippen LogP contribution is -2.45. The first kappa shape index (κ1) is 11.7. The third kappa shape index (κ3) is 2.41. The van der Waals surface area contributed by atoms with E-state index >= 15 is 0 Å². The molecule has 1 fully saturated rings. The summed E-state index contributed by atoms with van der Waals surface area (Å²) in [5.41, 5.74) is 3.61. The Morgan fingerprint density at radius 1 is 1.22 bits per heavy atom. The molecule has 18 heavy (non-hydrogen) atoms. The third-order valence-corrected chi connectivity index (χ3v) is 3.99. The number of fused-ring (bicyclic) bond motifs is 1. The van der Waals surface area contributed by atoms with Crippen molar-refractivity contribution in [1.29, 1.82) is 0 Å². The van der Waals surface area contributed by atoms with E-state index in [-0.39, 0.29) is 5.91 Å². The summed E-state index contributed by atoms with van der Waals surface area (Å²) in [4.78, 5) is 12.2. The van der Waals surface area contributed by atoms with Crippen molar-refractivity contribution < 1.29 is 4.79 Å². The van der Waals surface area contributed by atoms with Gasteiger partial charge in [-0.3, -0.25) is 4.79 Å². The Labute approximate surface area is 108 Å². The second-order valence-electron chi connectivity index (χ2n) is 5.35. The molecule has 0 radical (unpaired) electrons. The van der Waals surface area contributed by atoms with Gasteiger partial charge in [0.25, 0.3) is 5.91 Å². The molecular weight excluding hydrogens is 224 g/mol. The van der Waals surface area contributed by atoms with Crippen molar-refractivity contribution in [2.45, 2.75) is 38.1 Å². The van der Waals surface area contributed by atoms with Gasteiger partial charge in [-0.1, -0.05) is 6.07 Å². The molecule has 3 nitrogen and oxygen atoms in total. The number of nitrogens with one attached hydrogen (secondary N) is 2. The molecule has 0 bridgehead atoms. The fourth-order valence-corrected chi connectivity index (χ4v) is 2.96. The third-order valence-electron chi connectivity index (χ3n) is 3.99. The summed E-state index contributed by atoms with van der Waals surface area (Å²) in [6.07, 6.45) is 5.76. The first-order valence-corrected chi connectivity index (χ1v) is 6.96. The van der Waals surface area contributed by atoms with Crippen molar-refractivity contribution >= 4 is 5.91 Å². The van der Waals surface area contributed by atoms with E-state index in [4.69, 9.17) is 0 Å². The highest BCUT2D eigenvalue weighted by atomic mass is 16.1. The second kappa shape index (κ2) is 5.11. The van der Waals surface area contributed by atoms with Gasteiger partial charge in [0.15, 0.2) is 0 Å². The van der Waals surface area contributed by atoms with Gasteiger partial charge in [0.2, 0.25) is 0 Å². The number of aryl methyl sites for hydroxylation is 2. The van der Waals surface area contributed by atoms with Gasteiger partial charge in [0.05, 0.1) is 0 Å². The normalized spacial score (nSPS) is 22.6. The number of rotatable bonds is 2. The maximum atomic E-state index is 12.2. The first-order chi connectivity index (χ1) is 8.83. The molecule has 2 N–H and O–H groups in total. The van der Waals surface area contributed by atoms with E-state index in [9.17, 15) is 4.79 Å². The van der Waals surface area contributed by atoms with Crippen LogP contribution in [0.1, 0.15) is 40.7 Å². The van der Waals surface area contributed by atoms with E-state index in [0.717, 1.165) is 37.9 Å². The summed E-state index contributed by atoms with van der Waals surface area (Å²) in [6, 6.07) is 6.46. The average molecular weight is 244 g/mol. The zero-order chi connectivity index (χ0) is 12.4. The molecular formula is C15H20N2O. The van der Waals surface area contributed by atoms with E-state index in [2.05, 4.69) is 22.8 Å². The van der Waals surface area contributed by atoms with E-state index in [1.54, 1.807) is 0 Å². The Balaban J connectivity index is 1.68. The van der Waals surface area contributed by atoms with Crippen LogP contribution in [0, 0.1) is 0 Å². The topological polar surface area (TPSA) is 41.1 Å². The predicted molar refractivity (Wildman–Crippen MR) is 71.8 cm³/mol. The van der Waals surface area contributed by atoms with Crippen LogP contribution < -0.4 is 10.6 Å². The van der Waals surface area contributed by atoms with Gasteiger partial charge < -0.3 is 10.6 Å². The van der Waals surface area contributed by atoms with Crippen LogP contribution in [0.4, 0.5) is 0 Å². The molecule has 0 saturated carbocycles. The van der Waals surface area contributed by atoms with Crippen LogP contribution in [0.15, 0.2) is 18.2 Å². The van der Waals surface area contributed by atoms with Gasteiger partial charge >= 0.3 is 0 Å². The summed E-state index contributed by atoms with van der Waals surface area (Å²) in [5.74, 6) is 0.0819. The van der Waals surface area contributed by atoms with Gasteiger partial charge in [-0.05, 0) is 61.9 Å². The smallest absolute Gasteiger partial charge is 0.251 e. The van der Waals surface area contributed by atoms with Crippen LogP contribution in [-0.2, 0) is 12.8 Å². The van der Waals surface area contributed by atoms with Crippen LogP contribution in [-0.4, -0.2) is 25.0 Å². The molecule has 96 valence electrons. The highest BCUT2D eigenvalue weighted by molar-refractivity contribution is 5.94. The molecule has 0 spiro atoms. The number of amides is 1. The van der Waals surface area contributed by atoms with Crippen molar-refractivity contribution in [2.24, 2.45) is 0 Å². The molecule has 3 rings (SSSR count). The van der Waals surface area contributed by atoms with Gasteiger partial charge in [-0.25, -0.2) is 0 Å². The molecule has 1 amide bonds. The average Bonchev–Trinajstić information content (AvgIpc) is 2.87. The zero-order valence-corrected chi connectivity index (χ0v) is 10.7. The number of hydrogen-bond donors (Lipinski definition) is 2. The molecule has 2 aliphatic rings. The highest BCUT2D eigenvalue weighted by Crippen LogP contribution is 2.22. The summed E-state index contributed by atoms with van der Waals surface area (Å²) in [7, 11) is 0. The first-order valence-electron chi connectivity index (χ1n) is 6.96. The van der Waals surface area contributed by atoms with Crippen LogP contribution in [0.5, 0.6) is 0 Å². The van der Waals surface area contributed by atoms with E-state index in [0.29, 0.717) is 6.04 Å². The number of piperidine rings is 1. The van der Waals surface area contributed by atoms with Gasteiger partial charge in [0.1, 0.15) is 0 Å². The molecule has 1 saturated heterocycles. The largest absolute Gasteiger partial charge is 0.348 e. The van der Waals surface area contributed by atoms with E-state index < -0.39 is 0 Å². The minimum absolute atomic E-state index is 0.0819. The van der Waals surface area contributed by atoms with Gasteiger partial charge in [-0.2, -0.15) is 0 Å². The Bertz CT molecular complexity index is 450. The summed E-state index contributed by atoms with van der Waals surface area (Å²) < 4.78 is 0. The number of hydrogen-bond acceptors (Lipinski definition) is 2. The van der Waals surface area contributed by atoms with Gasteiger partial charge in [-0.15, -0.1) is 0 Å². The van der Waals surface area contributed by atoms with Crippen LogP contribution in [0.25, 0.3) is 0 Å². The van der Waals surface area contributed by atoms with Crippen molar-refractivity contribution in [1.82, 2.24) is 10.6 Å². The van der Waals surface area contributed by atoms with Crippen LogP contribution in [0.2, 0.25) is 0 Å². The highest BCUT2D eigenvalue weighted by Gasteiger charge is 2.18. The maximum Gasteiger partial charge on any atom is 0.251 e. The van der Waals surface area contributed by atoms with E-state index in [1.165, 1.54) is 24.0 Å². The Morgan fingerprint density at radius 2 is 2.11 bits per heavy atom.